The number of nitrogens with two attached hydrogens (primary N) is 1. The lowest BCUT2D eigenvalue weighted by Crippen LogP contribution is -2.31. The van der Waals surface area contributed by atoms with E-state index in [0.717, 1.165) is 49.1 Å². The lowest BCUT2D eigenvalue weighted by Gasteiger charge is -2.32. The van der Waals surface area contributed by atoms with E-state index in [-0.39, 0.29) is 23.2 Å². The lowest BCUT2D eigenvalue weighted by atomic mass is 9.76. The van der Waals surface area contributed by atoms with Crippen LogP contribution in [0.3, 0.4) is 0 Å². The Morgan fingerprint density at radius 3 is 2.42 bits per heavy atom. The van der Waals surface area contributed by atoms with E-state index in [2.05, 4.69) is 22.2 Å². The summed E-state index contributed by atoms with van der Waals surface area (Å²) in [6.07, 6.45) is 5.80. The predicted molar refractivity (Wildman–Crippen MR) is 131 cm³/mol. The number of rotatable bonds is 5. The summed E-state index contributed by atoms with van der Waals surface area (Å²) < 4.78 is 44.3. The van der Waals surface area contributed by atoms with Gasteiger partial charge in [0.1, 0.15) is 28.8 Å². The third kappa shape index (κ3) is 5.42. The van der Waals surface area contributed by atoms with Crippen molar-refractivity contribution < 1.29 is 23.1 Å². The molecule has 1 amide bonds. The fourth-order valence-corrected chi connectivity index (χ4v) is 4.86. The molecular weight excluding hydrogens is 469 g/mol. The van der Waals surface area contributed by atoms with E-state index in [4.69, 9.17) is 5.73 Å². The van der Waals surface area contributed by atoms with Gasteiger partial charge in [0.25, 0.3) is 5.91 Å². The molecular formula is C27H29F3N4O2. The van der Waals surface area contributed by atoms with Crippen LogP contribution < -0.4 is 11.1 Å². The Morgan fingerprint density at radius 2 is 1.78 bits per heavy atom. The molecule has 36 heavy (non-hydrogen) atoms. The Labute approximate surface area is 207 Å². The number of amides is 1. The molecule has 0 aliphatic heterocycles. The average Bonchev–Trinajstić information content (AvgIpc) is 2.78. The van der Waals surface area contributed by atoms with Crippen LogP contribution in [0, 0.1) is 23.4 Å². The number of benzene rings is 1. The van der Waals surface area contributed by atoms with Crippen LogP contribution in [0.25, 0.3) is 11.3 Å². The number of anilines is 1. The van der Waals surface area contributed by atoms with Crippen molar-refractivity contribution in [2.45, 2.75) is 57.6 Å². The Morgan fingerprint density at radius 1 is 1.08 bits per heavy atom. The number of aliphatic hydroxyl groups is 1. The Balaban J connectivity index is 1.65. The van der Waals surface area contributed by atoms with E-state index >= 15 is 0 Å². The van der Waals surface area contributed by atoms with Gasteiger partial charge in [-0.15, -0.1) is 0 Å². The minimum absolute atomic E-state index is 0.0172. The molecule has 2 aromatic heterocycles. The number of hydrogen-bond acceptors (Lipinski definition) is 5. The van der Waals surface area contributed by atoms with Gasteiger partial charge in [0.2, 0.25) is 0 Å². The molecule has 1 aromatic carbocycles. The number of carbonyl (C=O) groups is 1. The minimum Gasteiger partial charge on any atom is -0.386 e. The molecule has 2 heterocycles. The molecule has 3 atom stereocenters. The van der Waals surface area contributed by atoms with Gasteiger partial charge in [-0.1, -0.05) is 6.92 Å². The molecule has 4 rings (SSSR count). The molecule has 3 aromatic rings. The van der Waals surface area contributed by atoms with Gasteiger partial charge in [-0.05, 0) is 86.4 Å². The Hall–Kier alpha value is -3.30. The number of aromatic nitrogens is 2. The molecule has 9 heteroatoms. The normalized spacial score (nSPS) is 20.3. The van der Waals surface area contributed by atoms with Crippen LogP contribution in [-0.2, 0) is 5.60 Å². The number of pyridine rings is 2. The van der Waals surface area contributed by atoms with Crippen LogP contribution in [0.15, 0.2) is 42.7 Å². The maximum Gasteiger partial charge on any atom is 0.274 e. The van der Waals surface area contributed by atoms with Gasteiger partial charge >= 0.3 is 0 Å². The average molecular weight is 499 g/mol. The van der Waals surface area contributed by atoms with E-state index in [1.165, 1.54) is 20.0 Å². The zero-order valence-corrected chi connectivity index (χ0v) is 20.4. The second-order valence-electron chi connectivity index (χ2n) is 10.1. The number of halogens is 3. The van der Waals surface area contributed by atoms with Gasteiger partial charge in [-0.25, -0.2) is 18.2 Å². The highest BCUT2D eigenvalue weighted by molar-refractivity contribution is 6.03. The lowest BCUT2D eigenvalue weighted by molar-refractivity contribution is 0.0778. The van der Waals surface area contributed by atoms with Gasteiger partial charge in [-0.2, -0.15) is 0 Å². The topological polar surface area (TPSA) is 101 Å². The van der Waals surface area contributed by atoms with Gasteiger partial charge in [-0.3, -0.25) is 9.78 Å². The van der Waals surface area contributed by atoms with Crippen LogP contribution >= 0.6 is 0 Å². The van der Waals surface area contributed by atoms with E-state index in [1.54, 1.807) is 6.20 Å². The molecule has 0 saturated heterocycles. The minimum atomic E-state index is -1.50. The smallest absolute Gasteiger partial charge is 0.274 e. The van der Waals surface area contributed by atoms with E-state index in [9.17, 15) is 23.1 Å². The first kappa shape index (κ1) is 25.8. The van der Waals surface area contributed by atoms with Crippen molar-refractivity contribution in [3.63, 3.8) is 0 Å². The largest absolute Gasteiger partial charge is 0.386 e. The first-order valence-electron chi connectivity index (χ1n) is 11.8. The van der Waals surface area contributed by atoms with Gasteiger partial charge < -0.3 is 16.2 Å². The van der Waals surface area contributed by atoms with Gasteiger partial charge in [0.15, 0.2) is 0 Å². The summed E-state index contributed by atoms with van der Waals surface area (Å²) in [7, 11) is 0. The van der Waals surface area contributed by atoms with Crippen molar-refractivity contribution >= 4 is 11.6 Å². The summed E-state index contributed by atoms with van der Waals surface area (Å²) in [4.78, 5) is 21.1. The molecule has 1 aliphatic rings. The summed E-state index contributed by atoms with van der Waals surface area (Å²) in [5.74, 6) is -3.30. The van der Waals surface area contributed by atoms with E-state index < -0.39 is 40.2 Å². The predicted octanol–water partition coefficient (Wildman–Crippen LogP) is 5.27. The second-order valence-corrected chi connectivity index (χ2v) is 10.1. The summed E-state index contributed by atoms with van der Waals surface area (Å²) >= 11 is 0. The highest BCUT2D eigenvalue weighted by Gasteiger charge is 2.28. The molecule has 0 radical (unpaired) electrons. The zero-order chi connectivity index (χ0) is 26.2. The summed E-state index contributed by atoms with van der Waals surface area (Å²) in [5, 5.41) is 12.8. The molecule has 0 spiro atoms. The molecule has 190 valence electrons. The van der Waals surface area contributed by atoms with Crippen molar-refractivity contribution in [2.75, 3.05) is 5.32 Å². The van der Waals surface area contributed by atoms with Crippen LogP contribution in [0.5, 0.6) is 0 Å². The summed E-state index contributed by atoms with van der Waals surface area (Å²) in [6.45, 7) is 4.89. The fourth-order valence-electron chi connectivity index (χ4n) is 4.86. The third-order valence-corrected chi connectivity index (χ3v) is 6.59. The molecule has 1 fully saturated rings. The van der Waals surface area contributed by atoms with E-state index in [0.29, 0.717) is 11.6 Å². The van der Waals surface area contributed by atoms with Crippen LogP contribution in [0.1, 0.15) is 67.6 Å². The number of hydrogen-bond donors (Lipinski definition) is 3. The van der Waals surface area contributed by atoms with Crippen LogP contribution in [-0.4, -0.2) is 27.0 Å². The SMILES string of the molecule is C[C@@H]1C[C@H](N)C[C@H](c2ccncc2NC(=O)c2ccc(F)c(-c3c(F)cc(C(C)(C)O)cc3F)n2)C1. The van der Waals surface area contributed by atoms with Crippen molar-refractivity contribution in [1.29, 1.82) is 0 Å². The zero-order valence-electron chi connectivity index (χ0n) is 20.4. The van der Waals surface area contributed by atoms with Crippen LogP contribution in [0.4, 0.5) is 18.9 Å². The van der Waals surface area contributed by atoms with Gasteiger partial charge in [0, 0.05) is 12.2 Å². The third-order valence-electron chi connectivity index (χ3n) is 6.59. The highest BCUT2D eigenvalue weighted by atomic mass is 19.1. The number of nitrogens with one attached hydrogen (secondary N) is 1. The van der Waals surface area contributed by atoms with Crippen LogP contribution in [0.2, 0.25) is 0 Å². The molecule has 6 nitrogen and oxygen atoms in total. The maximum absolute atomic E-state index is 14.8. The molecule has 4 N–H and O–H groups in total. The molecule has 0 bridgehead atoms. The first-order chi connectivity index (χ1) is 16.9. The second kappa shape index (κ2) is 9.99. The quantitative estimate of drug-likeness (QED) is 0.445. The number of carbonyl (C=O) groups excluding carboxylic acids is 1. The Bertz CT molecular complexity index is 1260. The Kier molecular flexibility index (Phi) is 7.15. The molecule has 0 unspecified atom stereocenters. The van der Waals surface area contributed by atoms with Gasteiger partial charge in [0.05, 0.1) is 23.0 Å². The molecule has 1 aliphatic carbocycles. The summed E-state index contributed by atoms with van der Waals surface area (Å²) in [5.41, 5.74) is 4.48. The van der Waals surface area contributed by atoms with Crippen molar-refractivity contribution in [1.82, 2.24) is 9.97 Å². The first-order valence-corrected chi connectivity index (χ1v) is 11.8. The summed E-state index contributed by atoms with van der Waals surface area (Å²) in [6, 6.07) is 5.82. The van der Waals surface area contributed by atoms with Crippen molar-refractivity contribution in [3.8, 4) is 11.3 Å². The fraction of sp³-hybridized carbons (Fsp3) is 0.370. The number of nitrogens with zero attached hydrogens (tertiary/aromatic N) is 2. The standard InChI is InChI=1S/C27H29F3N4O2/c1-14-8-15(10-17(31)9-14)18-6-7-32-13-23(18)34-26(35)22-5-4-19(28)25(33-22)24-20(29)11-16(12-21(24)30)27(2,3)36/h4-7,11-15,17,36H,8-10,31H2,1-3H3,(H,34,35)/t14-,15+,17-/m0/s1. The van der Waals surface area contributed by atoms with E-state index in [1.807, 2.05) is 6.07 Å². The highest BCUT2D eigenvalue weighted by Crippen LogP contribution is 2.38. The monoisotopic (exact) mass is 498 g/mol. The van der Waals surface area contributed by atoms with Crippen molar-refractivity contribution in [3.05, 3.63) is 77.0 Å². The maximum atomic E-state index is 14.8. The van der Waals surface area contributed by atoms with Crippen molar-refractivity contribution in [2.24, 2.45) is 11.7 Å². The molecule has 1 saturated carbocycles.